The first-order valence-electron chi connectivity index (χ1n) is 4.91. The average molecular weight is 168 g/mol. The van der Waals surface area contributed by atoms with Crippen molar-refractivity contribution in [2.75, 3.05) is 0 Å². The Kier molecular flexibility index (Phi) is 8.09. The molecule has 70 valence electrons. The predicted octanol–water partition coefficient (Wildman–Crippen LogP) is 3.49. The smallest absolute Gasteiger partial charge is 0.129 e. The molecule has 12 heavy (non-hydrogen) atoms. The van der Waals surface area contributed by atoms with E-state index < -0.39 is 0 Å². The fourth-order valence-electron chi connectivity index (χ4n) is 1.04. The van der Waals surface area contributed by atoms with Crippen molar-refractivity contribution >= 4 is 5.78 Å². The summed E-state index contributed by atoms with van der Waals surface area (Å²) in [5.41, 5.74) is 0. The van der Waals surface area contributed by atoms with E-state index in [-0.39, 0.29) is 0 Å². The van der Waals surface area contributed by atoms with E-state index in [1.165, 1.54) is 12.8 Å². The Hall–Kier alpha value is -0.590. The Bertz CT molecular complexity index is 136. The summed E-state index contributed by atoms with van der Waals surface area (Å²) in [6.07, 6.45) is 11.0. The van der Waals surface area contributed by atoms with E-state index in [1.54, 1.807) is 6.92 Å². The Morgan fingerprint density at radius 1 is 1.17 bits per heavy atom. The SMILES string of the molecule is CCCC=CCCCCC(C)=O. The fourth-order valence-corrected chi connectivity index (χ4v) is 1.04. The summed E-state index contributed by atoms with van der Waals surface area (Å²) >= 11 is 0. The molecule has 0 unspecified atom stereocenters. The molecular formula is C11H20O. The van der Waals surface area contributed by atoms with Gasteiger partial charge in [0.25, 0.3) is 0 Å². The number of rotatable bonds is 7. The van der Waals surface area contributed by atoms with Crippen molar-refractivity contribution < 1.29 is 4.79 Å². The molecule has 1 nitrogen and oxygen atoms in total. The summed E-state index contributed by atoms with van der Waals surface area (Å²) in [7, 11) is 0. The molecule has 0 atom stereocenters. The molecular weight excluding hydrogens is 148 g/mol. The second-order valence-electron chi connectivity index (χ2n) is 3.21. The first-order chi connectivity index (χ1) is 5.77. The van der Waals surface area contributed by atoms with Crippen LogP contribution in [-0.4, -0.2) is 5.78 Å². The molecule has 0 fully saturated rings. The van der Waals surface area contributed by atoms with Crippen molar-refractivity contribution in [1.29, 1.82) is 0 Å². The molecule has 0 aromatic carbocycles. The van der Waals surface area contributed by atoms with Crippen LogP contribution in [0, 0.1) is 0 Å². The van der Waals surface area contributed by atoms with Gasteiger partial charge in [-0.1, -0.05) is 25.5 Å². The van der Waals surface area contributed by atoms with Crippen molar-refractivity contribution in [3.05, 3.63) is 12.2 Å². The van der Waals surface area contributed by atoms with Crippen LogP contribution in [0.1, 0.15) is 52.4 Å². The highest BCUT2D eigenvalue weighted by molar-refractivity contribution is 5.75. The largest absolute Gasteiger partial charge is 0.300 e. The first kappa shape index (κ1) is 11.4. The maximum atomic E-state index is 10.6. The molecule has 0 spiro atoms. The van der Waals surface area contributed by atoms with Crippen LogP contribution < -0.4 is 0 Å². The molecule has 0 N–H and O–H groups in total. The minimum Gasteiger partial charge on any atom is -0.300 e. The number of carbonyl (C=O) groups is 1. The Labute approximate surface area is 75.9 Å². The van der Waals surface area contributed by atoms with E-state index in [9.17, 15) is 4.79 Å². The van der Waals surface area contributed by atoms with Crippen molar-refractivity contribution in [2.24, 2.45) is 0 Å². The second kappa shape index (κ2) is 8.51. The zero-order valence-electron chi connectivity index (χ0n) is 8.31. The van der Waals surface area contributed by atoms with E-state index >= 15 is 0 Å². The minimum atomic E-state index is 0.313. The maximum absolute atomic E-state index is 10.6. The van der Waals surface area contributed by atoms with Gasteiger partial charge in [0, 0.05) is 6.42 Å². The fraction of sp³-hybridized carbons (Fsp3) is 0.727. The molecule has 0 heterocycles. The van der Waals surface area contributed by atoms with Gasteiger partial charge in [0.15, 0.2) is 0 Å². The number of Topliss-reactive ketones (excluding diaryl/α,β-unsaturated/α-hetero) is 1. The summed E-state index contributed by atoms with van der Waals surface area (Å²) in [5, 5.41) is 0. The topological polar surface area (TPSA) is 17.1 Å². The highest BCUT2D eigenvalue weighted by Gasteiger charge is 1.91. The third kappa shape index (κ3) is 9.41. The van der Waals surface area contributed by atoms with Crippen LogP contribution in [-0.2, 0) is 4.79 Å². The van der Waals surface area contributed by atoms with Crippen molar-refractivity contribution in [3.63, 3.8) is 0 Å². The number of hydrogen-bond donors (Lipinski definition) is 0. The van der Waals surface area contributed by atoms with Gasteiger partial charge >= 0.3 is 0 Å². The maximum Gasteiger partial charge on any atom is 0.129 e. The standard InChI is InChI=1S/C11H20O/c1-3-4-5-6-7-8-9-10-11(2)12/h5-6H,3-4,7-10H2,1-2H3. The van der Waals surface area contributed by atoms with E-state index in [2.05, 4.69) is 19.1 Å². The molecule has 1 heteroatoms. The lowest BCUT2D eigenvalue weighted by Crippen LogP contribution is -1.88. The minimum absolute atomic E-state index is 0.313. The monoisotopic (exact) mass is 168 g/mol. The van der Waals surface area contributed by atoms with Crippen LogP contribution in [0.4, 0.5) is 0 Å². The molecule has 0 saturated heterocycles. The molecule has 0 aliphatic rings. The molecule has 0 bridgehead atoms. The second-order valence-corrected chi connectivity index (χ2v) is 3.21. The van der Waals surface area contributed by atoms with Crippen LogP contribution in [0.25, 0.3) is 0 Å². The highest BCUT2D eigenvalue weighted by atomic mass is 16.1. The van der Waals surface area contributed by atoms with Crippen molar-refractivity contribution in [3.8, 4) is 0 Å². The van der Waals surface area contributed by atoms with Crippen LogP contribution in [0.3, 0.4) is 0 Å². The number of carbonyl (C=O) groups excluding carboxylic acids is 1. The first-order valence-corrected chi connectivity index (χ1v) is 4.91. The van der Waals surface area contributed by atoms with Gasteiger partial charge in [0.1, 0.15) is 5.78 Å². The van der Waals surface area contributed by atoms with Crippen molar-refractivity contribution in [1.82, 2.24) is 0 Å². The third-order valence-corrected chi connectivity index (χ3v) is 1.77. The third-order valence-electron chi connectivity index (χ3n) is 1.77. The summed E-state index contributed by atoms with van der Waals surface area (Å²) < 4.78 is 0. The van der Waals surface area contributed by atoms with Gasteiger partial charge in [-0.3, -0.25) is 0 Å². The summed E-state index contributed by atoms with van der Waals surface area (Å²) in [5.74, 6) is 0.313. The molecule has 0 amide bonds. The number of unbranched alkanes of at least 4 members (excludes halogenated alkanes) is 3. The normalized spacial score (nSPS) is 10.8. The van der Waals surface area contributed by atoms with Gasteiger partial charge in [-0.05, 0) is 32.6 Å². The number of hydrogen-bond acceptors (Lipinski definition) is 1. The molecule has 0 aliphatic heterocycles. The van der Waals surface area contributed by atoms with Gasteiger partial charge in [-0.2, -0.15) is 0 Å². The zero-order valence-corrected chi connectivity index (χ0v) is 8.31. The van der Waals surface area contributed by atoms with Crippen molar-refractivity contribution in [2.45, 2.75) is 52.4 Å². The molecule has 0 rings (SSSR count). The molecule has 0 aromatic rings. The van der Waals surface area contributed by atoms with Gasteiger partial charge in [-0.15, -0.1) is 0 Å². The van der Waals surface area contributed by atoms with Gasteiger partial charge in [-0.25, -0.2) is 0 Å². The number of ketones is 1. The predicted molar refractivity (Wildman–Crippen MR) is 53.2 cm³/mol. The quantitative estimate of drug-likeness (QED) is 0.420. The van der Waals surface area contributed by atoms with Crippen LogP contribution in [0.2, 0.25) is 0 Å². The lowest BCUT2D eigenvalue weighted by molar-refractivity contribution is -0.117. The van der Waals surface area contributed by atoms with Gasteiger partial charge in [0.2, 0.25) is 0 Å². The lowest BCUT2D eigenvalue weighted by atomic mass is 10.1. The Balaban J connectivity index is 3.05. The van der Waals surface area contributed by atoms with E-state index in [0.29, 0.717) is 5.78 Å². The molecule has 0 aliphatic carbocycles. The van der Waals surface area contributed by atoms with Crippen LogP contribution in [0.15, 0.2) is 12.2 Å². The van der Waals surface area contributed by atoms with Gasteiger partial charge in [0.05, 0.1) is 0 Å². The lowest BCUT2D eigenvalue weighted by Gasteiger charge is -1.93. The van der Waals surface area contributed by atoms with Gasteiger partial charge < -0.3 is 4.79 Å². The summed E-state index contributed by atoms with van der Waals surface area (Å²) in [6.45, 7) is 3.84. The van der Waals surface area contributed by atoms with Crippen LogP contribution in [0.5, 0.6) is 0 Å². The Morgan fingerprint density at radius 2 is 1.83 bits per heavy atom. The summed E-state index contributed by atoms with van der Waals surface area (Å²) in [4.78, 5) is 10.6. The van der Waals surface area contributed by atoms with E-state index in [1.807, 2.05) is 0 Å². The molecule has 0 radical (unpaired) electrons. The highest BCUT2D eigenvalue weighted by Crippen LogP contribution is 2.02. The molecule has 0 saturated carbocycles. The van der Waals surface area contributed by atoms with Crippen LogP contribution >= 0.6 is 0 Å². The number of allylic oxidation sites excluding steroid dienone is 2. The zero-order chi connectivity index (χ0) is 9.23. The molecule has 0 aromatic heterocycles. The average Bonchev–Trinajstić information content (AvgIpc) is 2.02. The van der Waals surface area contributed by atoms with E-state index in [0.717, 1.165) is 25.7 Å². The Morgan fingerprint density at radius 3 is 2.42 bits per heavy atom. The van der Waals surface area contributed by atoms with E-state index in [4.69, 9.17) is 0 Å². The summed E-state index contributed by atoms with van der Waals surface area (Å²) in [6, 6.07) is 0.